The van der Waals surface area contributed by atoms with Crippen molar-refractivity contribution in [3.63, 3.8) is 0 Å². The number of aliphatic hydroxyl groups is 1. The van der Waals surface area contributed by atoms with Gasteiger partial charge in [-0.25, -0.2) is 0 Å². The van der Waals surface area contributed by atoms with Crippen molar-refractivity contribution in [3.05, 3.63) is 11.6 Å². The maximum absolute atomic E-state index is 9.63. The topological polar surface area (TPSA) is 20.2 Å². The van der Waals surface area contributed by atoms with Gasteiger partial charge in [0.05, 0.1) is 0 Å². The van der Waals surface area contributed by atoms with E-state index in [1.807, 2.05) is 5.57 Å². The summed E-state index contributed by atoms with van der Waals surface area (Å²) in [5.74, 6) is 6.50. The van der Waals surface area contributed by atoms with Crippen LogP contribution in [0.4, 0.5) is 0 Å². The van der Waals surface area contributed by atoms with Gasteiger partial charge in [0.1, 0.15) is 0 Å². The Kier molecular flexibility index (Phi) is 7.04. The SMILES string of the molecule is CCC(CC[C@@H](C)[C@H]1CC[C@H]2C3=CCC4C(C)CCC[C@]4(C)[C@H]3CC[C@]12C)C(C)CO. The molecule has 0 aromatic rings. The second-order valence-corrected chi connectivity index (χ2v) is 13.1. The molecule has 3 saturated carbocycles. The Morgan fingerprint density at radius 3 is 2.45 bits per heavy atom. The monoisotopic (exact) mass is 428 g/mol. The second kappa shape index (κ2) is 9.15. The van der Waals surface area contributed by atoms with Crippen LogP contribution in [0.5, 0.6) is 0 Å². The molecule has 1 N–H and O–H groups in total. The van der Waals surface area contributed by atoms with Crippen molar-refractivity contribution in [1.82, 2.24) is 0 Å². The molecule has 178 valence electrons. The van der Waals surface area contributed by atoms with Crippen molar-refractivity contribution in [3.8, 4) is 0 Å². The molecular formula is C30H52O. The van der Waals surface area contributed by atoms with Crippen molar-refractivity contribution in [2.75, 3.05) is 6.61 Å². The van der Waals surface area contributed by atoms with E-state index in [0.29, 0.717) is 29.3 Å². The fraction of sp³-hybridized carbons (Fsp3) is 0.933. The van der Waals surface area contributed by atoms with Gasteiger partial charge in [0.15, 0.2) is 0 Å². The number of hydrogen-bond acceptors (Lipinski definition) is 1. The summed E-state index contributed by atoms with van der Waals surface area (Å²) in [6.07, 6.45) is 18.3. The smallest absolute Gasteiger partial charge is 0.0459 e. The summed E-state index contributed by atoms with van der Waals surface area (Å²) < 4.78 is 0. The Morgan fingerprint density at radius 2 is 1.74 bits per heavy atom. The van der Waals surface area contributed by atoms with Crippen LogP contribution in [-0.4, -0.2) is 11.7 Å². The highest BCUT2D eigenvalue weighted by atomic mass is 16.3. The molecule has 31 heavy (non-hydrogen) atoms. The maximum Gasteiger partial charge on any atom is 0.0459 e. The van der Waals surface area contributed by atoms with Crippen molar-refractivity contribution >= 4 is 0 Å². The van der Waals surface area contributed by atoms with Crippen LogP contribution < -0.4 is 0 Å². The van der Waals surface area contributed by atoms with Crippen molar-refractivity contribution < 1.29 is 5.11 Å². The zero-order chi connectivity index (χ0) is 22.4. The molecule has 4 aliphatic rings. The van der Waals surface area contributed by atoms with E-state index in [9.17, 15) is 5.11 Å². The summed E-state index contributed by atoms with van der Waals surface area (Å²) >= 11 is 0. The second-order valence-electron chi connectivity index (χ2n) is 13.1. The van der Waals surface area contributed by atoms with Gasteiger partial charge in [0, 0.05) is 6.61 Å². The number of fused-ring (bicyclic) bond motifs is 5. The lowest BCUT2D eigenvalue weighted by Crippen LogP contribution is -2.50. The number of rotatable bonds is 7. The molecule has 4 unspecified atom stereocenters. The first-order valence-electron chi connectivity index (χ1n) is 14.1. The molecule has 0 bridgehead atoms. The minimum atomic E-state index is 0.351. The fourth-order valence-corrected chi connectivity index (χ4v) is 9.72. The lowest BCUT2D eigenvalue weighted by Gasteiger charge is -2.58. The van der Waals surface area contributed by atoms with Gasteiger partial charge in [-0.2, -0.15) is 0 Å². The van der Waals surface area contributed by atoms with Gasteiger partial charge in [-0.3, -0.25) is 0 Å². The molecule has 4 rings (SSSR count). The van der Waals surface area contributed by atoms with Crippen molar-refractivity contribution in [2.45, 2.75) is 112 Å². The van der Waals surface area contributed by atoms with E-state index in [-0.39, 0.29) is 0 Å². The highest BCUT2D eigenvalue weighted by Gasteiger charge is 2.58. The lowest BCUT2D eigenvalue weighted by molar-refractivity contribution is -0.0288. The quantitative estimate of drug-likeness (QED) is 0.404. The number of allylic oxidation sites excluding steroid dienone is 2. The Hall–Kier alpha value is -0.300. The molecule has 0 heterocycles. The summed E-state index contributed by atoms with van der Waals surface area (Å²) in [6, 6.07) is 0. The van der Waals surface area contributed by atoms with Crippen molar-refractivity contribution in [2.24, 2.45) is 58.2 Å². The van der Waals surface area contributed by atoms with Gasteiger partial charge in [-0.15, -0.1) is 0 Å². The highest BCUT2D eigenvalue weighted by molar-refractivity contribution is 5.27. The van der Waals surface area contributed by atoms with E-state index in [1.54, 1.807) is 0 Å². The standard InChI is InChI=1S/C30H52O/c1-7-23(22(4)19-31)11-10-21(3)26-14-15-27-24-12-13-25-20(2)9-8-17-29(25,5)28(24)16-18-30(26,27)6/h12,20-23,25-28,31H,7-11,13-19H2,1-6H3/t20?,21-,22?,23?,25?,26-,27+,28+,29+,30-/m1/s1. The molecule has 10 atom stereocenters. The predicted molar refractivity (Wildman–Crippen MR) is 133 cm³/mol. The summed E-state index contributed by atoms with van der Waals surface area (Å²) in [6.45, 7) is 15.4. The molecule has 0 aromatic heterocycles. The molecule has 3 fully saturated rings. The molecular weight excluding hydrogens is 376 g/mol. The summed E-state index contributed by atoms with van der Waals surface area (Å²) in [4.78, 5) is 0. The molecule has 1 nitrogen and oxygen atoms in total. The van der Waals surface area contributed by atoms with Gasteiger partial charge >= 0.3 is 0 Å². The lowest BCUT2D eigenvalue weighted by atomic mass is 9.46. The first-order valence-corrected chi connectivity index (χ1v) is 14.1. The summed E-state index contributed by atoms with van der Waals surface area (Å²) in [5, 5.41) is 9.63. The van der Waals surface area contributed by atoms with Crippen molar-refractivity contribution in [1.29, 1.82) is 0 Å². The first-order chi connectivity index (χ1) is 14.8. The average molecular weight is 429 g/mol. The molecule has 0 radical (unpaired) electrons. The predicted octanol–water partition coefficient (Wildman–Crippen LogP) is 8.27. The molecule has 0 saturated heterocycles. The molecule has 1 heteroatoms. The zero-order valence-corrected chi connectivity index (χ0v) is 21.6. The molecule has 0 aromatic carbocycles. The first kappa shape index (κ1) is 23.8. The Morgan fingerprint density at radius 1 is 1.00 bits per heavy atom. The Labute approximate surface area is 193 Å². The number of aliphatic hydroxyl groups excluding tert-OH is 1. The Balaban J connectivity index is 1.48. The van der Waals surface area contributed by atoms with E-state index in [1.165, 1.54) is 70.6 Å². The highest BCUT2D eigenvalue weighted by Crippen LogP contribution is 2.67. The molecule has 4 aliphatic carbocycles. The van der Waals surface area contributed by atoms with Crippen LogP contribution in [0, 0.1) is 58.2 Å². The van der Waals surface area contributed by atoms with E-state index < -0.39 is 0 Å². The maximum atomic E-state index is 9.63. The third-order valence-corrected chi connectivity index (χ3v) is 11.8. The largest absolute Gasteiger partial charge is 0.396 e. The minimum Gasteiger partial charge on any atom is -0.396 e. The summed E-state index contributed by atoms with van der Waals surface area (Å²) in [7, 11) is 0. The fourth-order valence-electron chi connectivity index (χ4n) is 9.72. The van der Waals surface area contributed by atoms with Gasteiger partial charge < -0.3 is 5.11 Å². The normalized spacial score (nSPS) is 45.1. The van der Waals surface area contributed by atoms with Crippen LogP contribution in [0.1, 0.15) is 112 Å². The molecule has 0 spiro atoms. The van der Waals surface area contributed by atoms with Gasteiger partial charge in [0.25, 0.3) is 0 Å². The van der Waals surface area contributed by atoms with Crippen LogP contribution in [-0.2, 0) is 0 Å². The van der Waals surface area contributed by atoms with E-state index in [0.717, 1.165) is 35.5 Å². The van der Waals surface area contributed by atoms with E-state index in [2.05, 4.69) is 47.6 Å². The van der Waals surface area contributed by atoms with Gasteiger partial charge in [-0.1, -0.05) is 78.9 Å². The van der Waals surface area contributed by atoms with Crippen LogP contribution in [0.25, 0.3) is 0 Å². The zero-order valence-electron chi connectivity index (χ0n) is 21.6. The molecule has 0 aliphatic heterocycles. The van der Waals surface area contributed by atoms with Gasteiger partial charge in [0.2, 0.25) is 0 Å². The average Bonchev–Trinajstić information content (AvgIpc) is 3.11. The third-order valence-electron chi connectivity index (χ3n) is 11.8. The molecule has 0 amide bonds. The number of hydrogen-bond donors (Lipinski definition) is 1. The minimum absolute atomic E-state index is 0.351. The Bertz CT molecular complexity index is 651. The van der Waals surface area contributed by atoms with Crippen LogP contribution in [0.2, 0.25) is 0 Å². The van der Waals surface area contributed by atoms with E-state index >= 15 is 0 Å². The van der Waals surface area contributed by atoms with Crippen LogP contribution in [0.3, 0.4) is 0 Å². The van der Waals surface area contributed by atoms with Crippen LogP contribution in [0.15, 0.2) is 11.6 Å². The summed E-state index contributed by atoms with van der Waals surface area (Å²) in [5.41, 5.74) is 3.05. The van der Waals surface area contributed by atoms with E-state index in [4.69, 9.17) is 0 Å². The van der Waals surface area contributed by atoms with Gasteiger partial charge in [-0.05, 0) is 103 Å². The van der Waals surface area contributed by atoms with Crippen LogP contribution >= 0.6 is 0 Å². The third kappa shape index (κ3) is 3.98.